The molecule has 0 unspecified atom stereocenters. The van der Waals surface area contributed by atoms with Crippen LogP contribution in [0.1, 0.15) is 0 Å². The molecular weight excluding hydrogens is 300 g/mol. The lowest BCUT2D eigenvalue weighted by Crippen LogP contribution is -2.00. The highest BCUT2D eigenvalue weighted by atomic mass is 79.9. The fourth-order valence-electron chi connectivity index (χ4n) is 1.22. The van der Waals surface area contributed by atoms with Crippen LogP contribution in [-0.2, 0) is 0 Å². The predicted octanol–water partition coefficient (Wildman–Crippen LogP) is 3.41. The number of nitrogens with zero attached hydrogens (tertiary/aromatic N) is 2. The van der Waals surface area contributed by atoms with Crippen molar-refractivity contribution in [2.45, 2.75) is 5.03 Å². The number of ether oxygens (including phenoxy) is 1. The van der Waals surface area contributed by atoms with E-state index in [0.717, 1.165) is 21.0 Å². The summed E-state index contributed by atoms with van der Waals surface area (Å²) in [5.74, 6) is 1.73. The Morgan fingerprint density at radius 3 is 3.00 bits per heavy atom. The highest BCUT2D eigenvalue weighted by Gasteiger charge is 1.97. The summed E-state index contributed by atoms with van der Waals surface area (Å²) in [6, 6.07) is 7.82. The Labute approximate surface area is 113 Å². The number of hydrogen-bond acceptors (Lipinski definition) is 4. The van der Waals surface area contributed by atoms with Gasteiger partial charge in [-0.05, 0) is 18.2 Å². The number of rotatable bonds is 5. The number of benzene rings is 1. The van der Waals surface area contributed by atoms with Gasteiger partial charge in [0.1, 0.15) is 10.8 Å². The lowest BCUT2D eigenvalue weighted by atomic mass is 10.3. The van der Waals surface area contributed by atoms with E-state index in [2.05, 4.69) is 25.9 Å². The van der Waals surface area contributed by atoms with Crippen LogP contribution in [-0.4, -0.2) is 22.3 Å². The van der Waals surface area contributed by atoms with Gasteiger partial charge < -0.3 is 4.74 Å². The number of thioether (sulfide) groups is 1. The van der Waals surface area contributed by atoms with E-state index in [1.807, 2.05) is 24.3 Å². The Bertz CT molecular complexity index is 467. The summed E-state index contributed by atoms with van der Waals surface area (Å²) in [5.41, 5.74) is 0. The Hall–Kier alpha value is -1.07. The van der Waals surface area contributed by atoms with Crippen LogP contribution in [0.2, 0.25) is 0 Å². The standard InChI is InChI=1S/C12H11BrN2OS/c13-10-2-1-3-11(8-10)16-6-7-17-12-9-14-4-5-15-12/h1-5,8-9H,6-7H2. The average Bonchev–Trinajstić information content (AvgIpc) is 2.36. The van der Waals surface area contributed by atoms with Crippen molar-refractivity contribution in [2.24, 2.45) is 0 Å². The van der Waals surface area contributed by atoms with Crippen molar-refractivity contribution < 1.29 is 4.74 Å². The van der Waals surface area contributed by atoms with Crippen molar-refractivity contribution in [2.75, 3.05) is 12.4 Å². The molecule has 2 aromatic rings. The van der Waals surface area contributed by atoms with Gasteiger partial charge in [-0.25, -0.2) is 4.98 Å². The molecule has 88 valence electrons. The third kappa shape index (κ3) is 4.36. The third-order valence-electron chi connectivity index (χ3n) is 1.94. The molecule has 0 N–H and O–H groups in total. The highest BCUT2D eigenvalue weighted by Crippen LogP contribution is 2.18. The summed E-state index contributed by atoms with van der Waals surface area (Å²) >= 11 is 5.04. The SMILES string of the molecule is Brc1cccc(OCCSc2cnccn2)c1. The maximum atomic E-state index is 5.61. The molecule has 0 aliphatic rings. The lowest BCUT2D eigenvalue weighted by Gasteiger charge is -2.05. The van der Waals surface area contributed by atoms with E-state index in [1.165, 1.54) is 0 Å². The van der Waals surface area contributed by atoms with E-state index in [-0.39, 0.29) is 0 Å². The lowest BCUT2D eigenvalue weighted by molar-refractivity contribution is 0.343. The first-order chi connectivity index (χ1) is 8.34. The van der Waals surface area contributed by atoms with Gasteiger partial charge in [0, 0.05) is 22.6 Å². The van der Waals surface area contributed by atoms with Crippen molar-refractivity contribution in [3.8, 4) is 5.75 Å². The molecule has 0 spiro atoms. The van der Waals surface area contributed by atoms with Gasteiger partial charge in [-0.15, -0.1) is 11.8 Å². The van der Waals surface area contributed by atoms with Crippen LogP contribution in [0.5, 0.6) is 5.75 Å². The Balaban J connectivity index is 1.73. The van der Waals surface area contributed by atoms with Gasteiger partial charge in [0.2, 0.25) is 0 Å². The zero-order valence-electron chi connectivity index (χ0n) is 9.04. The molecule has 0 amide bonds. The van der Waals surface area contributed by atoms with Gasteiger partial charge in [-0.2, -0.15) is 0 Å². The molecule has 0 fully saturated rings. The van der Waals surface area contributed by atoms with E-state index in [4.69, 9.17) is 4.74 Å². The minimum atomic E-state index is 0.650. The number of aromatic nitrogens is 2. The summed E-state index contributed by atoms with van der Waals surface area (Å²) in [6.07, 6.45) is 5.11. The fraction of sp³-hybridized carbons (Fsp3) is 0.167. The first-order valence-electron chi connectivity index (χ1n) is 5.12. The maximum absolute atomic E-state index is 5.61. The molecule has 1 aromatic carbocycles. The van der Waals surface area contributed by atoms with Crippen LogP contribution in [0.3, 0.4) is 0 Å². The molecule has 1 aromatic heterocycles. The Morgan fingerprint density at radius 1 is 1.29 bits per heavy atom. The first kappa shape index (κ1) is 12.4. The van der Waals surface area contributed by atoms with Crippen LogP contribution in [0.15, 0.2) is 52.4 Å². The van der Waals surface area contributed by atoms with Crippen molar-refractivity contribution in [1.82, 2.24) is 9.97 Å². The smallest absolute Gasteiger partial charge is 0.120 e. The molecule has 5 heteroatoms. The van der Waals surface area contributed by atoms with Gasteiger partial charge in [-0.1, -0.05) is 22.0 Å². The van der Waals surface area contributed by atoms with Gasteiger partial charge >= 0.3 is 0 Å². The van der Waals surface area contributed by atoms with E-state index in [0.29, 0.717) is 6.61 Å². The minimum absolute atomic E-state index is 0.650. The van der Waals surface area contributed by atoms with Crippen molar-refractivity contribution in [3.05, 3.63) is 47.3 Å². The van der Waals surface area contributed by atoms with Crippen LogP contribution in [0.4, 0.5) is 0 Å². The molecule has 0 aliphatic heterocycles. The summed E-state index contributed by atoms with van der Waals surface area (Å²) in [7, 11) is 0. The highest BCUT2D eigenvalue weighted by molar-refractivity contribution is 9.10. The molecule has 0 atom stereocenters. The molecule has 3 nitrogen and oxygen atoms in total. The largest absolute Gasteiger partial charge is 0.493 e. The van der Waals surface area contributed by atoms with Gasteiger partial charge in [0.05, 0.1) is 12.8 Å². The quantitative estimate of drug-likeness (QED) is 0.626. The molecular formula is C12H11BrN2OS. The zero-order valence-corrected chi connectivity index (χ0v) is 11.4. The van der Waals surface area contributed by atoms with Crippen molar-refractivity contribution in [1.29, 1.82) is 0 Å². The zero-order chi connectivity index (χ0) is 11.9. The second-order valence-electron chi connectivity index (χ2n) is 3.20. The predicted molar refractivity (Wildman–Crippen MR) is 72.4 cm³/mol. The van der Waals surface area contributed by atoms with Crippen molar-refractivity contribution in [3.63, 3.8) is 0 Å². The van der Waals surface area contributed by atoms with Gasteiger partial charge in [0.15, 0.2) is 0 Å². The topological polar surface area (TPSA) is 35.0 Å². The summed E-state index contributed by atoms with van der Waals surface area (Å²) in [4.78, 5) is 8.18. The second kappa shape index (κ2) is 6.61. The maximum Gasteiger partial charge on any atom is 0.120 e. The number of hydrogen-bond donors (Lipinski definition) is 0. The fourth-order valence-corrected chi connectivity index (χ4v) is 2.25. The van der Waals surface area contributed by atoms with Crippen LogP contribution in [0.25, 0.3) is 0 Å². The first-order valence-corrected chi connectivity index (χ1v) is 6.89. The van der Waals surface area contributed by atoms with E-state index < -0.39 is 0 Å². The van der Waals surface area contributed by atoms with Gasteiger partial charge in [0.25, 0.3) is 0 Å². The van der Waals surface area contributed by atoms with Crippen LogP contribution >= 0.6 is 27.7 Å². The molecule has 0 saturated carbocycles. The third-order valence-corrected chi connectivity index (χ3v) is 3.31. The van der Waals surface area contributed by atoms with Crippen LogP contribution < -0.4 is 4.74 Å². The minimum Gasteiger partial charge on any atom is -0.493 e. The van der Waals surface area contributed by atoms with Crippen molar-refractivity contribution >= 4 is 27.7 Å². The summed E-state index contributed by atoms with van der Waals surface area (Å²) in [6.45, 7) is 0.650. The molecule has 0 aliphatic carbocycles. The number of halogens is 1. The molecule has 17 heavy (non-hydrogen) atoms. The molecule has 1 heterocycles. The molecule has 0 radical (unpaired) electrons. The second-order valence-corrected chi connectivity index (χ2v) is 5.23. The normalized spacial score (nSPS) is 10.2. The van der Waals surface area contributed by atoms with Gasteiger partial charge in [-0.3, -0.25) is 4.98 Å². The van der Waals surface area contributed by atoms with E-state index in [9.17, 15) is 0 Å². The molecule has 0 bridgehead atoms. The van der Waals surface area contributed by atoms with E-state index in [1.54, 1.807) is 30.4 Å². The Kier molecular flexibility index (Phi) is 4.82. The molecule has 0 saturated heterocycles. The monoisotopic (exact) mass is 310 g/mol. The summed E-state index contributed by atoms with van der Waals surface area (Å²) in [5, 5.41) is 0.922. The Morgan fingerprint density at radius 2 is 2.24 bits per heavy atom. The van der Waals surface area contributed by atoms with Crippen LogP contribution in [0, 0.1) is 0 Å². The van der Waals surface area contributed by atoms with E-state index >= 15 is 0 Å². The molecule has 2 rings (SSSR count). The summed E-state index contributed by atoms with van der Waals surface area (Å²) < 4.78 is 6.63. The average molecular weight is 311 g/mol.